The average molecular weight is 999 g/mol. The van der Waals surface area contributed by atoms with Crippen LogP contribution in [0.1, 0.15) is 341 Å². The number of ether oxygens (including phenoxy) is 1. The third-order valence-corrected chi connectivity index (χ3v) is 14.7. The van der Waals surface area contributed by atoms with Crippen molar-refractivity contribution in [1.82, 2.24) is 5.32 Å². The molecule has 0 radical (unpaired) electrons. The molecule has 0 spiro atoms. The van der Waals surface area contributed by atoms with Gasteiger partial charge < -0.3 is 20.3 Å². The van der Waals surface area contributed by atoms with Gasteiger partial charge in [0, 0.05) is 12.8 Å². The van der Waals surface area contributed by atoms with Gasteiger partial charge in [0.2, 0.25) is 5.91 Å². The number of aliphatic hydroxyl groups is 2. The van der Waals surface area contributed by atoms with Crippen LogP contribution in [0.5, 0.6) is 0 Å². The number of carbonyl (C=O) groups is 2. The van der Waals surface area contributed by atoms with E-state index in [2.05, 4.69) is 49.5 Å². The van der Waals surface area contributed by atoms with E-state index in [0.29, 0.717) is 32.3 Å². The molecule has 0 saturated carbocycles. The molecule has 6 nitrogen and oxygen atoms in total. The topological polar surface area (TPSA) is 95.9 Å². The molecule has 0 aromatic heterocycles. The number of esters is 1. The molecule has 0 aromatic carbocycles. The maximum atomic E-state index is 12.5. The summed E-state index contributed by atoms with van der Waals surface area (Å²) in [6.07, 6.45) is 76.0. The number of amides is 1. The summed E-state index contributed by atoms with van der Waals surface area (Å²) in [6.45, 7) is 4.91. The van der Waals surface area contributed by atoms with Crippen molar-refractivity contribution in [2.45, 2.75) is 353 Å². The first-order chi connectivity index (χ1) is 35.0. The summed E-state index contributed by atoms with van der Waals surface area (Å²) >= 11 is 0. The number of hydrogen-bond donors (Lipinski definition) is 3. The van der Waals surface area contributed by atoms with Crippen LogP contribution in [-0.2, 0) is 14.3 Å². The summed E-state index contributed by atoms with van der Waals surface area (Å²) in [4.78, 5) is 24.6. The van der Waals surface area contributed by atoms with Crippen molar-refractivity contribution in [2.24, 2.45) is 0 Å². The molecular formula is C65H123NO5. The van der Waals surface area contributed by atoms with Crippen LogP contribution in [0, 0.1) is 0 Å². The lowest BCUT2D eigenvalue weighted by atomic mass is 10.0. The number of hydrogen-bond acceptors (Lipinski definition) is 5. The zero-order chi connectivity index (χ0) is 51.4. The van der Waals surface area contributed by atoms with E-state index in [1.54, 1.807) is 0 Å². The van der Waals surface area contributed by atoms with Crippen LogP contribution in [-0.4, -0.2) is 47.4 Å². The molecule has 1 amide bonds. The first-order valence-electron chi connectivity index (χ1n) is 31.7. The highest BCUT2D eigenvalue weighted by atomic mass is 16.5. The van der Waals surface area contributed by atoms with E-state index in [0.717, 1.165) is 51.4 Å². The molecule has 6 heteroatoms. The molecule has 418 valence electrons. The van der Waals surface area contributed by atoms with Crippen LogP contribution in [0.25, 0.3) is 0 Å². The number of unbranched alkanes of at least 4 members (excludes halogenated alkanes) is 42. The van der Waals surface area contributed by atoms with Gasteiger partial charge in [0.15, 0.2) is 0 Å². The fourth-order valence-corrected chi connectivity index (χ4v) is 9.80. The molecule has 0 aromatic rings. The Hall–Kier alpha value is -1.92. The summed E-state index contributed by atoms with van der Waals surface area (Å²) in [5.74, 6) is -0.132. The number of rotatable bonds is 59. The number of aliphatic hydroxyl groups excluding tert-OH is 2. The van der Waals surface area contributed by atoms with Gasteiger partial charge in [-0.25, -0.2) is 0 Å². The highest BCUT2D eigenvalue weighted by molar-refractivity contribution is 5.76. The van der Waals surface area contributed by atoms with E-state index in [9.17, 15) is 19.8 Å². The van der Waals surface area contributed by atoms with Gasteiger partial charge in [-0.1, -0.05) is 294 Å². The Morgan fingerprint density at radius 2 is 0.718 bits per heavy atom. The Kier molecular flexibility index (Phi) is 59.0. The first kappa shape index (κ1) is 69.1. The molecule has 0 saturated heterocycles. The van der Waals surface area contributed by atoms with Crippen molar-refractivity contribution in [3.05, 3.63) is 36.5 Å². The maximum Gasteiger partial charge on any atom is 0.305 e. The van der Waals surface area contributed by atoms with Gasteiger partial charge in [-0.2, -0.15) is 0 Å². The van der Waals surface area contributed by atoms with Crippen LogP contribution >= 0.6 is 0 Å². The van der Waals surface area contributed by atoms with Crippen molar-refractivity contribution in [2.75, 3.05) is 13.2 Å². The van der Waals surface area contributed by atoms with Crippen molar-refractivity contribution >= 4 is 11.9 Å². The molecule has 0 bridgehead atoms. The number of carbonyl (C=O) groups excluding carboxylic acids is 2. The fraction of sp³-hybridized carbons (Fsp3) is 0.877. The molecule has 3 N–H and O–H groups in total. The van der Waals surface area contributed by atoms with Gasteiger partial charge in [0.25, 0.3) is 0 Å². The van der Waals surface area contributed by atoms with Crippen LogP contribution in [0.2, 0.25) is 0 Å². The van der Waals surface area contributed by atoms with Gasteiger partial charge in [0.1, 0.15) is 0 Å². The lowest BCUT2D eigenvalue weighted by molar-refractivity contribution is -0.143. The smallest absolute Gasteiger partial charge is 0.305 e. The summed E-state index contributed by atoms with van der Waals surface area (Å²) in [7, 11) is 0. The quantitative estimate of drug-likeness (QED) is 0.0321. The lowest BCUT2D eigenvalue weighted by Gasteiger charge is -2.22. The zero-order valence-electron chi connectivity index (χ0n) is 47.7. The van der Waals surface area contributed by atoms with Crippen molar-refractivity contribution < 1.29 is 24.5 Å². The van der Waals surface area contributed by atoms with Crippen LogP contribution in [0.15, 0.2) is 36.5 Å². The number of nitrogens with one attached hydrogen (secondary N) is 1. The number of allylic oxidation sites excluding steroid dienone is 6. The zero-order valence-corrected chi connectivity index (χ0v) is 47.7. The van der Waals surface area contributed by atoms with Crippen LogP contribution in [0.4, 0.5) is 0 Å². The Bertz CT molecular complexity index is 1150. The highest BCUT2D eigenvalue weighted by Crippen LogP contribution is 2.18. The minimum absolute atomic E-state index is 0.0192. The first-order valence-corrected chi connectivity index (χ1v) is 31.7. The van der Waals surface area contributed by atoms with E-state index in [1.165, 1.54) is 250 Å². The van der Waals surface area contributed by atoms with Crippen molar-refractivity contribution in [1.29, 1.82) is 0 Å². The summed E-state index contributed by atoms with van der Waals surface area (Å²) in [5, 5.41) is 23.3. The predicted molar refractivity (Wildman–Crippen MR) is 310 cm³/mol. The Morgan fingerprint density at radius 3 is 1.11 bits per heavy atom. The Balaban J connectivity index is 3.51. The molecule has 71 heavy (non-hydrogen) atoms. The average Bonchev–Trinajstić information content (AvgIpc) is 3.37. The molecule has 0 aliphatic rings. The lowest BCUT2D eigenvalue weighted by Crippen LogP contribution is -2.45. The second-order valence-corrected chi connectivity index (χ2v) is 21.7. The monoisotopic (exact) mass is 998 g/mol. The Labute approximate surface area is 443 Å². The summed E-state index contributed by atoms with van der Waals surface area (Å²) in [6, 6.07) is -0.587. The van der Waals surface area contributed by atoms with Crippen LogP contribution in [0.3, 0.4) is 0 Å². The molecule has 0 rings (SSSR count). The van der Waals surface area contributed by atoms with E-state index in [1.807, 2.05) is 6.08 Å². The van der Waals surface area contributed by atoms with Crippen molar-refractivity contribution in [3.63, 3.8) is 0 Å². The van der Waals surface area contributed by atoms with E-state index < -0.39 is 12.1 Å². The molecule has 2 unspecified atom stereocenters. The third kappa shape index (κ3) is 57.2. The Morgan fingerprint density at radius 1 is 0.394 bits per heavy atom. The minimum atomic E-state index is -0.701. The van der Waals surface area contributed by atoms with Gasteiger partial charge in [-0.05, 0) is 70.6 Å². The standard InChI is InChI=1S/C65H123NO5/c1-3-5-7-9-11-13-15-17-19-21-23-24-25-26-27-28-30-33-37-41-45-49-53-57-63(68)62(61-67)66-64(69)58-54-50-46-42-38-34-32-36-40-44-48-52-56-60-71-65(70)59-55-51-47-43-39-35-31-29-22-20-18-16-14-12-10-8-6-4-2/h20,22,34,38,46,50,62-63,67-68H,3-19,21,23-33,35-37,39-45,47-49,51-61H2,1-2H3,(H,66,69)/b22-20-,38-34-,50-46-. The van der Waals surface area contributed by atoms with Crippen LogP contribution < -0.4 is 5.32 Å². The van der Waals surface area contributed by atoms with Gasteiger partial charge in [-0.15, -0.1) is 0 Å². The minimum Gasteiger partial charge on any atom is -0.466 e. The molecule has 0 fully saturated rings. The molecule has 0 aliphatic carbocycles. The SMILES string of the molecule is CCCCCCCCC/C=C\CCCCCCCCCC(=O)OCCCCCCCC/C=C\C/C=C\CCC(=O)NC(CO)C(O)CCCCCCCCCCCCCCCCCCCCCCCCC. The normalized spacial score (nSPS) is 12.8. The largest absolute Gasteiger partial charge is 0.466 e. The van der Waals surface area contributed by atoms with Gasteiger partial charge in [0.05, 0.1) is 25.4 Å². The van der Waals surface area contributed by atoms with E-state index in [4.69, 9.17) is 4.74 Å². The molecular weight excluding hydrogens is 875 g/mol. The van der Waals surface area contributed by atoms with E-state index >= 15 is 0 Å². The second-order valence-electron chi connectivity index (χ2n) is 21.7. The second kappa shape index (κ2) is 60.6. The molecule has 0 aliphatic heterocycles. The van der Waals surface area contributed by atoms with E-state index in [-0.39, 0.29) is 18.5 Å². The summed E-state index contributed by atoms with van der Waals surface area (Å²) < 4.78 is 5.47. The maximum absolute atomic E-state index is 12.5. The van der Waals surface area contributed by atoms with Gasteiger partial charge in [-0.3, -0.25) is 9.59 Å². The fourth-order valence-electron chi connectivity index (χ4n) is 9.80. The van der Waals surface area contributed by atoms with Crippen molar-refractivity contribution in [3.8, 4) is 0 Å². The highest BCUT2D eigenvalue weighted by Gasteiger charge is 2.20. The third-order valence-electron chi connectivity index (χ3n) is 14.7. The predicted octanol–water partition coefficient (Wildman–Crippen LogP) is 20.0. The van der Waals surface area contributed by atoms with Gasteiger partial charge >= 0.3 is 5.97 Å². The molecule has 0 heterocycles. The molecule has 2 atom stereocenters. The summed E-state index contributed by atoms with van der Waals surface area (Å²) in [5.41, 5.74) is 0.